The Morgan fingerprint density at radius 3 is 2.52 bits per heavy atom. The molecule has 1 atom stereocenters. The van der Waals surface area contributed by atoms with Crippen LogP contribution in [0.2, 0.25) is 0 Å². The minimum atomic E-state index is -0.201. The Labute approximate surface area is 167 Å². The Morgan fingerprint density at radius 1 is 1.00 bits per heavy atom. The third kappa shape index (κ3) is 3.50. The molecule has 3 aromatic rings. The largest absolute Gasteiger partial charge is 0.496 e. The molecule has 0 fully saturated rings. The first kappa shape index (κ1) is 17.8. The number of carbonyl (C=O) groups excluding carboxylic acids is 1. The van der Waals surface area contributed by atoms with E-state index in [1.165, 1.54) is 0 Å². The molecular formula is C23H20BrNO2. The second-order valence-electron chi connectivity index (χ2n) is 6.68. The van der Waals surface area contributed by atoms with Crippen molar-refractivity contribution in [3.05, 3.63) is 94.0 Å². The highest BCUT2D eigenvalue weighted by atomic mass is 79.9. The molecular weight excluding hydrogens is 402 g/mol. The maximum absolute atomic E-state index is 13.4. The molecule has 1 heterocycles. The Balaban J connectivity index is 1.70. The van der Waals surface area contributed by atoms with E-state index in [2.05, 4.69) is 34.1 Å². The van der Waals surface area contributed by atoms with Crippen molar-refractivity contribution in [2.24, 2.45) is 0 Å². The van der Waals surface area contributed by atoms with Gasteiger partial charge < -0.3 is 9.64 Å². The van der Waals surface area contributed by atoms with Gasteiger partial charge in [0.25, 0.3) is 0 Å². The van der Waals surface area contributed by atoms with Crippen molar-refractivity contribution in [1.82, 2.24) is 0 Å². The summed E-state index contributed by atoms with van der Waals surface area (Å²) >= 11 is 3.55. The van der Waals surface area contributed by atoms with Crippen LogP contribution in [0.5, 0.6) is 5.75 Å². The second kappa shape index (κ2) is 7.57. The zero-order chi connectivity index (χ0) is 18.8. The fourth-order valence-corrected chi connectivity index (χ4v) is 4.05. The molecule has 4 heteroatoms. The standard InChI is InChI=1S/C23H20BrNO2/c1-27-22-10-6-5-9-17(22)13-20-19-12-11-18(24)14-21(19)25(23(20)26)15-16-7-3-2-4-8-16/h2-12,14,20H,13,15H2,1H3. The van der Waals surface area contributed by atoms with Crippen LogP contribution in [0.25, 0.3) is 0 Å². The average molecular weight is 422 g/mol. The molecule has 0 saturated heterocycles. The van der Waals surface area contributed by atoms with Crippen molar-refractivity contribution in [1.29, 1.82) is 0 Å². The number of hydrogen-bond donors (Lipinski definition) is 0. The number of carbonyl (C=O) groups is 1. The Hall–Kier alpha value is -2.59. The number of para-hydroxylation sites is 1. The molecule has 1 unspecified atom stereocenters. The summed E-state index contributed by atoms with van der Waals surface area (Å²) in [4.78, 5) is 15.3. The third-order valence-corrected chi connectivity index (χ3v) is 5.52. The van der Waals surface area contributed by atoms with Gasteiger partial charge >= 0.3 is 0 Å². The van der Waals surface area contributed by atoms with E-state index in [4.69, 9.17) is 4.74 Å². The van der Waals surface area contributed by atoms with Gasteiger partial charge in [0.05, 0.1) is 19.6 Å². The normalized spacial score (nSPS) is 15.7. The van der Waals surface area contributed by atoms with Crippen LogP contribution in [-0.2, 0) is 17.8 Å². The maximum Gasteiger partial charge on any atom is 0.235 e. The number of nitrogens with zero attached hydrogens (tertiary/aromatic N) is 1. The van der Waals surface area contributed by atoms with Gasteiger partial charge in [-0.1, -0.05) is 70.5 Å². The number of fused-ring (bicyclic) bond motifs is 1. The number of hydrogen-bond acceptors (Lipinski definition) is 2. The van der Waals surface area contributed by atoms with Gasteiger partial charge in [-0.25, -0.2) is 0 Å². The van der Waals surface area contributed by atoms with Crippen molar-refractivity contribution in [2.45, 2.75) is 18.9 Å². The second-order valence-corrected chi connectivity index (χ2v) is 7.60. The summed E-state index contributed by atoms with van der Waals surface area (Å²) in [5, 5.41) is 0. The molecule has 1 aliphatic heterocycles. The maximum atomic E-state index is 13.4. The van der Waals surface area contributed by atoms with E-state index in [0.29, 0.717) is 13.0 Å². The van der Waals surface area contributed by atoms with E-state index in [-0.39, 0.29) is 11.8 Å². The van der Waals surface area contributed by atoms with Gasteiger partial charge in [-0.3, -0.25) is 4.79 Å². The summed E-state index contributed by atoms with van der Waals surface area (Å²) in [6.45, 7) is 0.575. The molecule has 4 rings (SSSR count). The topological polar surface area (TPSA) is 29.5 Å². The first-order valence-electron chi connectivity index (χ1n) is 8.94. The Kier molecular flexibility index (Phi) is 4.99. The van der Waals surface area contributed by atoms with E-state index in [1.807, 2.05) is 59.5 Å². The average Bonchev–Trinajstić information content (AvgIpc) is 2.94. The first-order valence-corrected chi connectivity index (χ1v) is 9.73. The van der Waals surface area contributed by atoms with Crippen LogP contribution in [0.1, 0.15) is 22.6 Å². The van der Waals surface area contributed by atoms with Crippen LogP contribution in [0.3, 0.4) is 0 Å². The van der Waals surface area contributed by atoms with Crippen LogP contribution >= 0.6 is 15.9 Å². The van der Waals surface area contributed by atoms with Crippen molar-refractivity contribution in [2.75, 3.05) is 12.0 Å². The number of ether oxygens (including phenoxy) is 1. The zero-order valence-corrected chi connectivity index (χ0v) is 16.6. The van der Waals surface area contributed by atoms with Gasteiger partial charge in [0.2, 0.25) is 5.91 Å². The lowest BCUT2D eigenvalue weighted by atomic mass is 9.93. The third-order valence-electron chi connectivity index (χ3n) is 5.02. The summed E-state index contributed by atoms with van der Waals surface area (Å²) < 4.78 is 6.46. The van der Waals surface area contributed by atoms with Crippen molar-refractivity contribution in [3.63, 3.8) is 0 Å². The van der Waals surface area contributed by atoms with Crippen molar-refractivity contribution in [3.8, 4) is 5.75 Å². The van der Waals surface area contributed by atoms with E-state index >= 15 is 0 Å². The lowest BCUT2D eigenvalue weighted by Crippen LogP contribution is -2.29. The molecule has 0 bridgehead atoms. The number of rotatable bonds is 5. The molecule has 3 aromatic carbocycles. The molecule has 0 saturated carbocycles. The van der Waals surface area contributed by atoms with Crippen LogP contribution in [-0.4, -0.2) is 13.0 Å². The van der Waals surface area contributed by atoms with Gasteiger partial charge in [0.1, 0.15) is 5.75 Å². The summed E-state index contributed by atoms with van der Waals surface area (Å²) in [6.07, 6.45) is 0.628. The van der Waals surface area contributed by atoms with E-state index in [1.54, 1.807) is 7.11 Å². The number of anilines is 1. The van der Waals surface area contributed by atoms with Crippen molar-refractivity contribution < 1.29 is 9.53 Å². The Morgan fingerprint density at radius 2 is 1.74 bits per heavy atom. The summed E-state index contributed by atoms with van der Waals surface area (Å²) in [6, 6.07) is 24.1. The van der Waals surface area contributed by atoms with E-state index < -0.39 is 0 Å². The van der Waals surface area contributed by atoms with Crippen LogP contribution in [0.4, 0.5) is 5.69 Å². The van der Waals surface area contributed by atoms with Gasteiger partial charge in [0.15, 0.2) is 0 Å². The fourth-order valence-electron chi connectivity index (χ4n) is 3.70. The van der Waals surface area contributed by atoms with E-state index in [0.717, 1.165) is 32.6 Å². The molecule has 0 aromatic heterocycles. The SMILES string of the molecule is COc1ccccc1CC1C(=O)N(Cc2ccccc2)c2cc(Br)ccc21. The molecule has 0 spiro atoms. The van der Waals surface area contributed by atoms with Gasteiger partial charge in [-0.2, -0.15) is 0 Å². The number of methoxy groups -OCH3 is 1. The van der Waals surface area contributed by atoms with Crippen LogP contribution in [0.15, 0.2) is 77.3 Å². The lowest BCUT2D eigenvalue weighted by Gasteiger charge is -2.19. The molecule has 0 radical (unpaired) electrons. The number of amides is 1. The molecule has 3 nitrogen and oxygen atoms in total. The van der Waals surface area contributed by atoms with Crippen molar-refractivity contribution >= 4 is 27.5 Å². The lowest BCUT2D eigenvalue weighted by molar-refractivity contribution is -0.119. The summed E-state index contributed by atoms with van der Waals surface area (Å²) in [7, 11) is 1.67. The van der Waals surface area contributed by atoms with Gasteiger partial charge in [-0.15, -0.1) is 0 Å². The monoisotopic (exact) mass is 421 g/mol. The number of halogens is 1. The predicted octanol–water partition coefficient (Wildman–Crippen LogP) is 5.33. The predicted molar refractivity (Wildman–Crippen MR) is 111 cm³/mol. The van der Waals surface area contributed by atoms with Gasteiger partial charge in [0, 0.05) is 10.2 Å². The van der Waals surface area contributed by atoms with Crippen LogP contribution in [0, 0.1) is 0 Å². The quantitative estimate of drug-likeness (QED) is 0.556. The zero-order valence-electron chi connectivity index (χ0n) is 15.1. The molecule has 0 aliphatic carbocycles. The molecule has 27 heavy (non-hydrogen) atoms. The number of benzene rings is 3. The smallest absolute Gasteiger partial charge is 0.235 e. The molecule has 136 valence electrons. The minimum absolute atomic E-state index is 0.137. The summed E-state index contributed by atoms with van der Waals surface area (Å²) in [5.74, 6) is 0.761. The highest BCUT2D eigenvalue weighted by Gasteiger charge is 2.37. The first-order chi connectivity index (χ1) is 13.2. The summed E-state index contributed by atoms with van der Waals surface area (Å²) in [5.41, 5.74) is 4.23. The van der Waals surface area contributed by atoms with Gasteiger partial charge in [-0.05, 0) is 41.3 Å². The molecule has 1 aliphatic rings. The van der Waals surface area contributed by atoms with Crippen LogP contribution < -0.4 is 9.64 Å². The highest BCUT2D eigenvalue weighted by molar-refractivity contribution is 9.10. The Bertz CT molecular complexity index is 971. The molecule has 1 amide bonds. The molecule has 0 N–H and O–H groups in total. The fraction of sp³-hybridized carbons (Fsp3) is 0.174. The minimum Gasteiger partial charge on any atom is -0.496 e. The van der Waals surface area contributed by atoms with E-state index in [9.17, 15) is 4.79 Å². The highest BCUT2D eigenvalue weighted by Crippen LogP contribution is 2.42.